The third-order valence-corrected chi connectivity index (χ3v) is 3.15. The Morgan fingerprint density at radius 1 is 1.22 bits per heavy atom. The van der Waals surface area contributed by atoms with Gasteiger partial charge in [0, 0.05) is 0 Å². The molecular formula is C17H26N2O4. The average molecular weight is 322 g/mol. The van der Waals surface area contributed by atoms with Crippen LogP contribution in [0.5, 0.6) is 0 Å². The summed E-state index contributed by atoms with van der Waals surface area (Å²) < 4.78 is 5.29. The van der Waals surface area contributed by atoms with Crippen LogP contribution in [0.4, 0.5) is 4.79 Å². The van der Waals surface area contributed by atoms with Gasteiger partial charge in [0.25, 0.3) is 0 Å². The molecule has 6 heteroatoms. The van der Waals surface area contributed by atoms with Crippen molar-refractivity contribution < 1.29 is 19.4 Å². The Bertz CT molecular complexity index is 511. The molecule has 0 heterocycles. The number of rotatable bonds is 7. The van der Waals surface area contributed by atoms with Gasteiger partial charge in [-0.3, -0.25) is 4.79 Å². The summed E-state index contributed by atoms with van der Waals surface area (Å²) in [6.07, 6.45) is 0.0681. The molecule has 0 aliphatic heterocycles. The van der Waals surface area contributed by atoms with Gasteiger partial charge in [0.15, 0.2) is 0 Å². The molecule has 2 atom stereocenters. The van der Waals surface area contributed by atoms with Crippen molar-refractivity contribution in [3.63, 3.8) is 0 Å². The van der Waals surface area contributed by atoms with Crippen LogP contribution in [-0.4, -0.2) is 35.4 Å². The van der Waals surface area contributed by atoms with Crippen LogP contribution in [0.25, 0.3) is 0 Å². The van der Waals surface area contributed by atoms with Gasteiger partial charge in [0.1, 0.15) is 11.6 Å². The highest BCUT2D eigenvalue weighted by atomic mass is 16.6. The van der Waals surface area contributed by atoms with Crippen LogP contribution < -0.4 is 10.6 Å². The van der Waals surface area contributed by atoms with Crippen molar-refractivity contribution >= 4 is 12.1 Å². The molecule has 3 N–H and O–H groups in total. The van der Waals surface area contributed by atoms with Crippen LogP contribution in [0.2, 0.25) is 0 Å². The largest absolute Gasteiger partial charge is 0.480 e. The number of alkyl carbamates (subject to hydrolysis) is 1. The Morgan fingerprint density at radius 2 is 1.83 bits per heavy atom. The lowest BCUT2D eigenvalue weighted by Gasteiger charge is -2.24. The fourth-order valence-corrected chi connectivity index (χ4v) is 1.99. The molecule has 23 heavy (non-hydrogen) atoms. The van der Waals surface area contributed by atoms with Gasteiger partial charge in [0.05, 0.1) is 6.04 Å². The molecule has 6 nitrogen and oxygen atoms in total. The fraction of sp³-hybridized carbons (Fsp3) is 0.529. The second-order valence-corrected chi connectivity index (χ2v) is 6.41. The summed E-state index contributed by atoms with van der Waals surface area (Å²) in [5.74, 6) is -0.902. The van der Waals surface area contributed by atoms with Gasteiger partial charge < -0.3 is 20.5 Å². The topological polar surface area (TPSA) is 87.7 Å². The van der Waals surface area contributed by atoms with E-state index in [1.165, 1.54) is 0 Å². The van der Waals surface area contributed by atoms with Gasteiger partial charge >= 0.3 is 12.1 Å². The summed E-state index contributed by atoms with van der Waals surface area (Å²) in [5.41, 5.74) is 0.379. The van der Waals surface area contributed by atoms with E-state index in [0.29, 0.717) is 13.0 Å². The van der Waals surface area contributed by atoms with E-state index in [0.717, 1.165) is 5.56 Å². The van der Waals surface area contributed by atoms with E-state index in [-0.39, 0.29) is 6.04 Å². The third-order valence-electron chi connectivity index (χ3n) is 3.15. The molecule has 0 saturated heterocycles. The van der Waals surface area contributed by atoms with E-state index in [1.54, 1.807) is 27.7 Å². The number of benzene rings is 1. The number of carboxylic acid groups (broad SMARTS) is 1. The number of hydrogen-bond donors (Lipinski definition) is 3. The second-order valence-electron chi connectivity index (χ2n) is 6.41. The van der Waals surface area contributed by atoms with Crippen LogP contribution in [0, 0.1) is 0 Å². The Kier molecular flexibility index (Phi) is 7.03. The first-order valence-corrected chi connectivity index (χ1v) is 7.69. The summed E-state index contributed by atoms with van der Waals surface area (Å²) in [6.45, 7) is 7.46. The second kappa shape index (κ2) is 8.53. The lowest BCUT2D eigenvalue weighted by atomic mass is 10.0. The zero-order chi connectivity index (χ0) is 17.5. The normalized spacial score (nSPS) is 13.9. The van der Waals surface area contributed by atoms with E-state index >= 15 is 0 Å². The number of amides is 1. The van der Waals surface area contributed by atoms with E-state index in [9.17, 15) is 9.59 Å². The first-order chi connectivity index (χ1) is 10.7. The van der Waals surface area contributed by atoms with Crippen LogP contribution in [0.1, 0.15) is 45.7 Å². The molecule has 2 unspecified atom stereocenters. The van der Waals surface area contributed by atoms with Crippen LogP contribution >= 0.6 is 0 Å². The molecule has 0 aromatic heterocycles. The monoisotopic (exact) mass is 322 g/mol. The number of carbonyl (C=O) groups excluding carboxylic acids is 1. The predicted molar refractivity (Wildman–Crippen MR) is 88.3 cm³/mol. The van der Waals surface area contributed by atoms with Gasteiger partial charge in [-0.15, -0.1) is 0 Å². The Labute approximate surface area is 137 Å². The van der Waals surface area contributed by atoms with Gasteiger partial charge in [-0.1, -0.05) is 30.3 Å². The maximum absolute atomic E-state index is 12.0. The summed E-state index contributed by atoms with van der Waals surface area (Å²) in [4.78, 5) is 22.8. The zero-order valence-corrected chi connectivity index (χ0v) is 14.1. The van der Waals surface area contributed by atoms with E-state index in [1.807, 2.05) is 30.3 Å². The molecule has 0 aliphatic carbocycles. The highest BCUT2D eigenvalue weighted by Crippen LogP contribution is 2.17. The Hall–Kier alpha value is -2.08. The minimum atomic E-state index is -0.902. The van der Waals surface area contributed by atoms with E-state index in [2.05, 4.69) is 10.6 Å². The lowest BCUT2D eigenvalue weighted by molar-refractivity contribution is -0.139. The van der Waals surface area contributed by atoms with Crippen molar-refractivity contribution in [3.05, 3.63) is 35.9 Å². The molecule has 1 amide bonds. The molecule has 1 aromatic rings. The van der Waals surface area contributed by atoms with Crippen LogP contribution in [0.15, 0.2) is 30.3 Å². The number of ether oxygens (including phenoxy) is 1. The maximum Gasteiger partial charge on any atom is 0.408 e. The molecule has 128 valence electrons. The highest BCUT2D eigenvalue weighted by molar-refractivity contribution is 5.72. The molecule has 0 aliphatic rings. The maximum atomic E-state index is 12.0. The molecule has 0 fully saturated rings. The van der Waals surface area contributed by atoms with Crippen molar-refractivity contribution in [2.45, 2.75) is 51.8 Å². The third kappa shape index (κ3) is 7.65. The standard InChI is InChI=1S/C17H26N2O4/c1-12(15(20)21)18-11-10-14(13-8-6-5-7-9-13)19-16(22)23-17(2,3)4/h5-9,12,14,18H,10-11H2,1-4H3,(H,19,22)(H,20,21). The molecule has 1 rings (SSSR count). The number of aliphatic carboxylic acids is 1. The quantitative estimate of drug-likeness (QED) is 0.718. The first kappa shape index (κ1) is 19.0. The smallest absolute Gasteiger partial charge is 0.408 e. The molecule has 0 spiro atoms. The van der Waals surface area contributed by atoms with Gasteiger partial charge in [-0.05, 0) is 46.2 Å². The summed E-state index contributed by atoms with van der Waals surface area (Å²) >= 11 is 0. The number of carboxylic acids is 1. The van der Waals surface area contributed by atoms with Gasteiger partial charge in [-0.25, -0.2) is 4.79 Å². The van der Waals surface area contributed by atoms with Crippen molar-refractivity contribution in [2.24, 2.45) is 0 Å². The Balaban J connectivity index is 2.67. The molecule has 0 saturated carbocycles. The lowest BCUT2D eigenvalue weighted by Crippen LogP contribution is -2.38. The molecule has 0 radical (unpaired) electrons. The van der Waals surface area contributed by atoms with Crippen molar-refractivity contribution in [3.8, 4) is 0 Å². The number of hydrogen-bond acceptors (Lipinski definition) is 4. The minimum absolute atomic E-state index is 0.250. The van der Waals surface area contributed by atoms with Gasteiger partial charge in [0.2, 0.25) is 0 Å². The predicted octanol–water partition coefficient (Wildman–Crippen LogP) is 2.71. The first-order valence-electron chi connectivity index (χ1n) is 7.69. The number of carbonyl (C=O) groups is 2. The minimum Gasteiger partial charge on any atom is -0.480 e. The fourth-order valence-electron chi connectivity index (χ4n) is 1.99. The van der Waals surface area contributed by atoms with Crippen molar-refractivity contribution in [2.75, 3.05) is 6.54 Å². The summed E-state index contributed by atoms with van der Waals surface area (Å²) in [6, 6.07) is 8.65. The van der Waals surface area contributed by atoms with E-state index < -0.39 is 23.7 Å². The van der Waals surface area contributed by atoms with Crippen LogP contribution in [0.3, 0.4) is 0 Å². The molecule has 1 aromatic carbocycles. The summed E-state index contributed by atoms with van der Waals surface area (Å²) in [5, 5.41) is 14.6. The Morgan fingerprint density at radius 3 is 2.35 bits per heavy atom. The SMILES string of the molecule is CC(NCCC(NC(=O)OC(C)(C)C)c1ccccc1)C(=O)O. The van der Waals surface area contributed by atoms with Gasteiger partial charge in [-0.2, -0.15) is 0 Å². The van der Waals surface area contributed by atoms with Crippen molar-refractivity contribution in [1.29, 1.82) is 0 Å². The summed E-state index contributed by atoms with van der Waals surface area (Å²) in [7, 11) is 0. The molecular weight excluding hydrogens is 296 g/mol. The van der Waals surface area contributed by atoms with E-state index in [4.69, 9.17) is 9.84 Å². The number of nitrogens with one attached hydrogen (secondary N) is 2. The van der Waals surface area contributed by atoms with Crippen LogP contribution in [-0.2, 0) is 9.53 Å². The van der Waals surface area contributed by atoms with Crippen molar-refractivity contribution in [1.82, 2.24) is 10.6 Å². The highest BCUT2D eigenvalue weighted by Gasteiger charge is 2.20. The zero-order valence-electron chi connectivity index (χ0n) is 14.1. The average Bonchev–Trinajstić information content (AvgIpc) is 2.45. The molecule has 0 bridgehead atoms.